The van der Waals surface area contributed by atoms with E-state index in [0.717, 1.165) is 45.8 Å². The van der Waals surface area contributed by atoms with Crippen molar-refractivity contribution >= 4 is 0 Å². The predicted molar refractivity (Wildman–Crippen MR) is 65.6 cm³/mol. The second kappa shape index (κ2) is 8.01. The molecular formula is C12H26N2O2. The van der Waals surface area contributed by atoms with Gasteiger partial charge in [-0.25, -0.2) is 0 Å². The molecule has 0 spiro atoms. The number of rotatable bonds is 7. The van der Waals surface area contributed by atoms with E-state index in [-0.39, 0.29) is 6.10 Å². The van der Waals surface area contributed by atoms with Gasteiger partial charge in [0.15, 0.2) is 0 Å². The molecule has 1 fully saturated rings. The van der Waals surface area contributed by atoms with Crippen molar-refractivity contribution in [1.82, 2.24) is 10.2 Å². The lowest BCUT2D eigenvalue weighted by Crippen LogP contribution is -2.47. The van der Waals surface area contributed by atoms with Crippen molar-refractivity contribution in [1.29, 1.82) is 0 Å². The first-order valence-corrected chi connectivity index (χ1v) is 6.41. The molecule has 2 unspecified atom stereocenters. The van der Waals surface area contributed by atoms with E-state index in [1.807, 2.05) is 0 Å². The molecule has 0 bridgehead atoms. The Morgan fingerprint density at radius 3 is 2.62 bits per heavy atom. The molecule has 0 amide bonds. The highest BCUT2D eigenvalue weighted by Crippen LogP contribution is 2.02. The Bertz CT molecular complexity index is 172. The van der Waals surface area contributed by atoms with Crippen molar-refractivity contribution in [2.75, 3.05) is 45.9 Å². The van der Waals surface area contributed by atoms with Crippen molar-refractivity contribution < 1.29 is 9.84 Å². The maximum absolute atomic E-state index is 9.80. The summed E-state index contributed by atoms with van der Waals surface area (Å²) in [5, 5.41) is 13.1. The molecule has 0 aromatic rings. The molecule has 1 saturated heterocycles. The van der Waals surface area contributed by atoms with Crippen molar-refractivity contribution in [2.24, 2.45) is 5.92 Å². The van der Waals surface area contributed by atoms with Crippen LogP contribution in [-0.4, -0.2) is 62.0 Å². The third-order valence-corrected chi connectivity index (χ3v) is 3.09. The highest BCUT2D eigenvalue weighted by Gasteiger charge is 2.14. The number of hydrogen-bond donors (Lipinski definition) is 2. The fourth-order valence-corrected chi connectivity index (χ4v) is 1.77. The van der Waals surface area contributed by atoms with Gasteiger partial charge in [-0.1, -0.05) is 20.3 Å². The van der Waals surface area contributed by atoms with Crippen molar-refractivity contribution in [3.8, 4) is 0 Å². The Hall–Kier alpha value is -0.160. The van der Waals surface area contributed by atoms with Crippen LogP contribution < -0.4 is 5.32 Å². The summed E-state index contributed by atoms with van der Waals surface area (Å²) >= 11 is 0. The van der Waals surface area contributed by atoms with Crippen LogP contribution in [0.2, 0.25) is 0 Å². The number of piperazine rings is 1. The van der Waals surface area contributed by atoms with Crippen LogP contribution in [0.1, 0.15) is 20.3 Å². The Morgan fingerprint density at radius 1 is 1.31 bits per heavy atom. The first-order chi connectivity index (χ1) is 7.72. The van der Waals surface area contributed by atoms with Crippen LogP contribution >= 0.6 is 0 Å². The number of nitrogens with one attached hydrogen (secondary N) is 1. The molecular weight excluding hydrogens is 204 g/mol. The van der Waals surface area contributed by atoms with Crippen LogP contribution in [0.3, 0.4) is 0 Å². The van der Waals surface area contributed by atoms with E-state index in [9.17, 15) is 5.11 Å². The molecule has 1 aliphatic rings. The SMILES string of the molecule is CCC(C)COCC(O)CN1CCNCC1. The summed E-state index contributed by atoms with van der Waals surface area (Å²) in [6, 6.07) is 0. The highest BCUT2D eigenvalue weighted by molar-refractivity contribution is 4.70. The van der Waals surface area contributed by atoms with Crippen molar-refractivity contribution in [3.63, 3.8) is 0 Å². The van der Waals surface area contributed by atoms with E-state index in [1.165, 1.54) is 0 Å². The third-order valence-electron chi connectivity index (χ3n) is 3.09. The zero-order valence-corrected chi connectivity index (χ0v) is 10.6. The quantitative estimate of drug-likeness (QED) is 0.661. The fraction of sp³-hybridized carbons (Fsp3) is 1.00. The standard InChI is InChI=1S/C12H26N2O2/c1-3-11(2)9-16-10-12(15)8-14-6-4-13-5-7-14/h11-13,15H,3-10H2,1-2H3. The predicted octanol–water partition coefficient (Wildman–Crippen LogP) is 0.315. The van der Waals surface area contributed by atoms with Gasteiger partial charge < -0.3 is 15.2 Å². The molecule has 4 heteroatoms. The van der Waals surface area contributed by atoms with E-state index in [2.05, 4.69) is 24.1 Å². The van der Waals surface area contributed by atoms with Gasteiger partial charge in [-0.3, -0.25) is 4.90 Å². The molecule has 0 aliphatic carbocycles. The van der Waals surface area contributed by atoms with E-state index in [1.54, 1.807) is 0 Å². The van der Waals surface area contributed by atoms with Crippen LogP contribution in [0.5, 0.6) is 0 Å². The second-order valence-electron chi connectivity index (χ2n) is 4.76. The molecule has 2 atom stereocenters. The van der Waals surface area contributed by atoms with E-state index in [4.69, 9.17) is 4.74 Å². The number of ether oxygens (including phenoxy) is 1. The fourth-order valence-electron chi connectivity index (χ4n) is 1.77. The minimum absolute atomic E-state index is 0.345. The Labute approximate surface area is 99.0 Å². The lowest BCUT2D eigenvalue weighted by atomic mass is 10.1. The molecule has 0 saturated carbocycles. The molecule has 1 aliphatic heterocycles. The molecule has 1 heterocycles. The Kier molecular flexibility index (Phi) is 6.96. The molecule has 2 N–H and O–H groups in total. The molecule has 96 valence electrons. The van der Waals surface area contributed by atoms with Crippen LogP contribution in [-0.2, 0) is 4.74 Å². The lowest BCUT2D eigenvalue weighted by molar-refractivity contribution is 0.00456. The van der Waals surface area contributed by atoms with Crippen molar-refractivity contribution in [2.45, 2.75) is 26.4 Å². The van der Waals surface area contributed by atoms with Gasteiger partial charge in [0.2, 0.25) is 0 Å². The maximum atomic E-state index is 9.80. The first kappa shape index (κ1) is 13.9. The summed E-state index contributed by atoms with van der Waals surface area (Å²) in [4.78, 5) is 2.29. The number of aliphatic hydroxyl groups is 1. The highest BCUT2D eigenvalue weighted by atomic mass is 16.5. The second-order valence-corrected chi connectivity index (χ2v) is 4.76. The van der Waals surface area contributed by atoms with Gasteiger partial charge in [0.25, 0.3) is 0 Å². The van der Waals surface area contributed by atoms with E-state index >= 15 is 0 Å². The van der Waals surface area contributed by atoms with E-state index in [0.29, 0.717) is 12.5 Å². The summed E-state index contributed by atoms with van der Waals surface area (Å²) in [5.41, 5.74) is 0. The van der Waals surface area contributed by atoms with Gasteiger partial charge in [-0.15, -0.1) is 0 Å². The first-order valence-electron chi connectivity index (χ1n) is 6.41. The summed E-state index contributed by atoms with van der Waals surface area (Å²) in [7, 11) is 0. The van der Waals surface area contributed by atoms with Crippen LogP contribution in [0, 0.1) is 5.92 Å². The number of hydrogen-bond acceptors (Lipinski definition) is 4. The number of nitrogens with zero attached hydrogens (tertiary/aromatic N) is 1. The van der Waals surface area contributed by atoms with Crippen LogP contribution in [0.25, 0.3) is 0 Å². The zero-order chi connectivity index (χ0) is 11.8. The normalized spacial score (nSPS) is 21.9. The third kappa shape index (κ3) is 5.80. The van der Waals surface area contributed by atoms with Gasteiger partial charge in [-0.05, 0) is 5.92 Å². The minimum Gasteiger partial charge on any atom is -0.389 e. The van der Waals surface area contributed by atoms with Crippen LogP contribution in [0.4, 0.5) is 0 Å². The average Bonchev–Trinajstić information content (AvgIpc) is 2.30. The largest absolute Gasteiger partial charge is 0.389 e. The monoisotopic (exact) mass is 230 g/mol. The lowest BCUT2D eigenvalue weighted by Gasteiger charge is -2.29. The molecule has 16 heavy (non-hydrogen) atoms. The smallest absolute Gasteiger partial charge is 0.0900 e. The Balaban J connectivity index is 2.03. The maximum Gasteiger partial charge on any atom is 0.0900 e. The van der Waals surface area contributed by atoms with Gasteiger partial charge in [-0.2, -0.15) is 0 Å². The number of aliphatic hydroxyl groups excluding tert-OH is 1. The summed E-state index contributed by atoms with van der Waals surface area (Å²) in [6.07, 6.45) is 0.788. The van der Waals surface area contributed by atoms with Crippen molar-refractivity contribution in [3.05, 3.63) is 0 Å². The molecule has 4 nitrogen and oxygen atoms in total. The molecule has 0 radical (unpaired) electrons. The van der Waals surface area contributed by atoms with Gasteiger partial charge in [0, 0.05) is 39.3 Å². The van der Waals surface area contributed by atoms with Crippen LogP contribution in [0.15, 0.2) is 0 Å². The minimum atomic E-state index is -0.345. The van der Waals surface area contributed by atoms with Gasteiger partial charge >= 0.3 is 0 Å². The average molecular weight is 230 g/mol. The topological polar surface area (TPSA) is 44.7 Å². The molecule has 1 rings (SSSR count). The van der Waals surface area contributed by atoms with Gasteiger partial charge in [0.1, 0.15) is 0 Å². The summed E-state index contributed by atoms with van der Waals surface area (Å²) < 4.78 is 5.50. The summed E-state index contributed by atoms with van der Waals surface area (Å²) in [5.74, 6) is 0.589. The Morgan fingerprint density at radius 2 is 2.00 bits per heavy atom. The number of β-amino-alcohol motifs (C(OH)–C–C–N with tert-alkyl or cyclic N) is 1. The van der Waals surface area contributed by atoms with Gasteiger partial charge in [0.05, 0.1) is 12.7 Å². The van der Waals surface area contributed by atoms with E-state index < -0.39 is 0 Å². The molecule has 0 aromatic heterocycles. The molecule has 0 aromatic carbocycles. The summed E-state index contributed by atoms with van der Waals surface area (Å²) in [6.45, 7) is 10.4. The zero-order valence-electron chi connectivity index (χ0n) is 10.6.